The van der Waals surface area contributed by atoms with Gasteiger partial charge in [-0.05, 0) is 12.1 Å². The van der Waals surface area contributed by atoms with Crippen molar-refractivity contribution >= 4 is 18.1 Å². The number of aromatic nitrogens is 2. The molecule has 8 heteroatoms. The number of rotatable bonds is 4. The van der Waals surface area contributed by atoms with Gasteiger partial charge in [0.15, 0.2) is 5.82 Å². The fourth-order valence-electron chi connectivity index (χ4n) is 1.58. The Bertz CT molecular complexity index is 529. The van der Waals surface area contributed by atoms with Gasteiger partial charge >= 0.3 is 0 Å². The lowest BCUT2D eigenvalue weighted by Crippen LogP contribution is -2.20. The lowest BCUT2D eigenvalue weighted by molar-refractivity contribution is 0.374. The van der Waals surface area contributed by atoms with Crippen LogP contribution >= 0.6 is 12.4 Å². The van der Waals surface area contributed by atoms with E-state index in [-0.39, 0.29) is 37.1 Å². The van der Waals surface area contributed by atoms with E-state index in [9.17, 15) is 8.78 Å². The molecule has 104 valence electrons. The molecule has 2 rings (SSSR count). The molecule has 0 radical (unpaired) electrons. The van der Waals surface area contributed by atoms with Crippen molar-refractivity contribution in [2.75, 3.05) is 11.9 Å². The second-order valence-electron chi connectivity index (χ2n) is 3.73. The van der Waals surface area contributed by atoms with Gasteiger partial charge in [-0.25, -0.2) is 8.78 Å². The minimum absolute atomic E-state index is 0. The molecule has 2 aromatic rings. The Morgan fingerprint density at radius 1 is 1.32 bits per heavy atom. The van der Waals surface area contributed by atoms with Crippen molar-refractivity contribution in [2.24, 2.45) is 5.73 Å². The molecule has 0 amide bonds. The van der Waals surface area contributed by atoms with Gasteiger partial charge in [-0.3, -0.25) is 0 Å². The Hall–Kier alpha value is -1.73. The number of benzene rings is 1. The van der Waals surface area contributed by atoms with E-state index in [1.165, 1.54) is 23.1 Å². The van der Waals surface area contributed by atoms with Crippen LogP contribution in [0, 0.1) is 11.6 Å². The zero-order valence-corrected chi connectivity index (χ0v) is 11.0. The van der Waals surface area contributed by atoms with Crippen LogP contribution in [0.4, 0.5) is 14.5 Å². The number of anilines is 1. The molecule has 0 saturated carbocycles. The summed E-state index contributed by atoms with van der Waals surface area (Å²) in [5.74, 6) is -0.673. The van der Waals surface area contributed by atoms with Crippen LogP contribution in [-0.2, 0) is 13.1 Å². The van der Waals surface area contributed by atoms with Gasteiger partial charge < -0.3 is 15.2 Å². The standard InChI is InChI=1S/C11H12F2N4O.ClH/c1-17(6-9-15-10(5-14)18-16-9)11-7(12)3-2-4-8(11)13;/h2-4H,5-6,14H2,1H3;1H. The van der Waals surface area contributed by atoms with Crippen LogP contribution in [0.25, 0.3) is 0 Å². The smallest absolute Gasteiger partial charge is 0.240 e. The highest BCUT2D eigenvalue weighted by Crippen LogP contribution is 2.22. The molecule has 19 heavy (non-hydrogen) atoms. The van der Waals surface area contributed by atoms with E-state index in [2.05, 4.69) is 10.1 Å². The first-order valence-electron chi connectivity index (χ1n) is 5.28. The SMILES string of the molecule is CN(Cc1noc(CN)n1)c1c(F)cccc1F.Cl. The average molecular weight is 291 g/mol. The molecule has 0 aliphatic carbocycles. The summed E-state index contributed by atoms with van der Waals surface area (Å²) in [6, 6.07) is 3.69. The normalized spacial score (nSPS) is 10.1. The molecule has 2 N–H and O–H groups in total. The van der Waals surface area contributed by atoms with Gasteiger partial charge in [-0.2, -0.15) is 4.98 Å². The van der Waals surface area contributed by atoms with Crippen molar-refractivity contribution < 1.29 is 13.3 Å². The predicted octanol–water partition coefficient (Wildman–Crippen LogP) is 1.86. The van der Waals surface area contributed by atoms with E-state index in [0.717, 1.165) is 0 Å². The van der Waals surface area contributed by atoms with Gasteiger partial charge in [0.05, 0.1) is 13.1 Å². The van der Waals surface area contributed by atoms with Crippen LogP contribution in [0.3, 0.4) is 0 Å². The van der Waals surface area contributed by atoms with E-state index in [4.69, 9.17) is 10.3 Å². The summed E-state index contributed by atoms with van der Waals surface area (Å²) in [5.41, 5.74) is 5.20. The number of hydrogen-bond donors (Lipinski definition) is 1. The molecular weight excluding hydrogens is 278 g/mol. The third-order valence-electron chi connectivity index (χ3n) is 2.38. The molecule has 0 bridgehead atoms. The molecule has 0 fully saturated rings. The first-order valence-corrected chi connectivity index (χ1v) is 5.28. The van der Waals surface area contributed by atoms with Gasteiger partial charge in [0.25, 0.3) is 0 Å². The van der Waals surface area contributed by atoms with Crippen molar-refractivity contribution in [3.8, 4) is 0 Å². The third kappa shape index (κ3) is 3.39. The summed E-state index contributed by atoms with van der Waals surface area (Å²) in [6.07, 6.45) is 0. The molecule has 0 spiro atoms. The van der Waals surface area contributed by atoms with Crippen LogP contribution in [0.5, 0.6) is 0 Å². The molecular formula is C11H13ClF2N4O. The molecule has 0 unspecified atom stereocenters. The van der Waals surface area contributed by atoms with Crippen molar-refractivity contribution in [3.05, 3.63) is 41.5 Å². The summed E-state index contributed by atoms with van der Waals surface area (Å²) in [4.78, 5) is 5.34. The fourth-order valence-corrected chi connectivity index (χ4v) is 1.58. The average Bonchev–Trinajstić information content (AvgIpc) is 2.76. The highest BCUT2D eigenvalue weighted by Gasteiger charge is 2.15. The topological polar surface area (TPSA) is 68.2 Å². The van der Waals surface area contributed by atoms with Gasteiger partial charge in [-0.15, -0.1) is 12.4 Å². The van der Waals surface area contributed by atoms with Gasteiger partial charge in [0.1, 0.15) is 17.3 Å². The van der Waals surface area contributed by atoms with Crippen molar-refractivity contribution in [3.63, 3.8) is 0 Å². The molecule has 0 atom stereocenters. The fraction of sp³-hybridized carbons (Fsp3) is 0.273. The Balaban J connectivity index is 0.00000180. The minimum atomic E-state index is -0.639. The van der Waals surface area contributed by atoms with E-state index in [1.807, 2.05) is 0 Å². The van der Waals surface area contributed by atoms with Crippen molar-refractivity contribution in [2.45, 2.75) is 13.1 Å². The maximum absolute atomic E-state index is 13.5. The van der Waals surface area contributed by atoms with E-state index < -0.39 is 11.6 Å². The third-order valence-corrected chi connectivity index (χ3v) is 2.38. The summed E-state index contributed by atoms with van der Waals surface area (Å²) < 4.78 is 31.8. The predicted molar refractivity (Wildman–Crippen MR) is 67.9 cm³/mol. The second kappa shape index (κ2) is 6.44. The zero-order valence-electron chi connectivity index (χ0n) is 10.1. The number of halogens is 3. The maximum Gasteiger partial charge on any atom is 0.240 e. The molecule has 0 aliphatic rings. The van der Waals surface area contributed by atoms with Crippen LogP contribution < -0.4 is 10.6 Å². The largest absolute Gasteiger partial charge is 0.362 e. The molecule has 0 saturated heterocycles. The van der Waals surface area contributed by atoms with Crippen LogP contribution in [0.15, 0.2) is 22.7 Å². The Morgan fingerprint density at radius 2 is 1.95 bits per heavy atom. The van der Waals surface area contributed by atoms with Crippen LogP contribution in [0.2, 0.25) is 0 Å². The summed E-state index contributed by atoms with van der Waals surface area (Å²) in [7, 11) is 1.54. The molecule has 5 nitrogen and oxygen atoms in total. The number of nitrogens with two attached hydrogens (primary N) is 1. The number of hydrogen-bond acceptors (Lipinski definition) is 5. The summed E-state index contributed by atoms with van der Waals surface area (Å²) in [6.45, 7) is 0.256. The van der Waals surface area contributed by atoms with Crippen molar-refractivity contribution in [1.82, 2.24) is 10.1 Å². The highest BCUT2D eigenvalue weighted by molar-refractivity contribution is 5.85. The van der Waals surface area contributed by atoms with Crippen molar-refractivity contribution in [1.29, 1.82) is 0 Å². The summed E-state index contributed by atoms with van der Waals surface area (Å²) in [5, 5.41) is 3.66. The van der Waals surface area contributed by atoms with Gasteiger partial charge in [0, 0.05) is 7.05 Å². The summed E-state index contributed by atoms with van der Waals surface area (Å²) >= 11 is 0. The van der Waals surface area contributed by atoms with Gasteiger partial charge in [0.2, 0.25) is 5.89 Å². The van der Waals surface area contributed by atoms with Gasteiger partial charge in [-0.1, -0.05) is 11.2 Å². The van der Waals surface area contributed by atoms with Crippen LogP contribution in [-0.4, -0.2) is 17.2 Å². The maximum atomic E-state index is 13.5. The molecule has 1 heterocycles. The lowest BCUT2D eigenvalue weighted by Gasteiger charge is -2.18. The molecule has 0 aliphatic heterocycles. The first-order chi connectivity index (χ1) is 8.61. The Labute approximate surface area is 114 Å². The Kier molecular flexibility index (Phi) is 5.20. The first kappa shape index (κ1) is 15.3. The molecule has 1 aromatic carbocycles. The quantitative estimate of drug-likeness (QED) is 0.931. The lowest BCUT2D eigenvalue weighted by atomic mass is 10.2. The zero-order chi connectivity index (χ0) is 13.1. The number of para-hydroxylation sites is 1. The van der Waals surface area contributed by atoms with E-state index in [0.29, 0.717) is 5.82 Å². The van der Waals surface area contributed by atoms with E-state index >= 15 is 0 Å². The van der Waals surface area contributed by atoms with E-state index in [1.54, 1.807) is 7.05 Å². The Morgan fingerprint density at radius 3 is 2.47 bits per heavy atom. The second-order valence-corrected chi connectivity index (χ2v) is 3.73. The monoisotopic (exact) mass is 290 g/mol. The minimum Gasteiger partial charge on any atom is -0.362 e. The van der Waals surface area contributed by atoms with Crippen LogP contribution in [0.1, 0.15) is 11.7 Å². The highest BCUT2D eigenvalue weighted by atomic mass is 35.5. The molecule has 1 aromatic heterocycles. The number of nitrogens with zero attached hydrogens (tertiary/aromatic N) is 3.